The fourth-order valence-corrected chi connectivity index (χ4v) is 2.45. The van der Waals surface area contributed by atoms with E-state index in [9.17, 15) is 14.7 Å². The van der Waals surface area contributed by atoms with Crippen molar-refractivity contribution in [3.63, 3.8) is 0 Å². The van der Waals surface area contributed by atoms with Crippen LogP contribution in [-0.4, -0.2) is 53.8 Å². The molecule has 0 aromatic carbocycles. The SMILES string of the molecule is CCC(C)[C@H](NC(=O)N1CCCC(C)(OC)C1)C(=O)O. The van der Waals surface area contributed by atoms with Gasteiger partial charge in [0.05, 0.1) is 12.1 Å². The van der Waals surface area contributed by atoms with Crippen LogP contribution < -0.4 is 5.32 Å². The molecule has 0 aromatic rings. The molecule has 0 bridgehead atoms. The minimum Gasteiger partial charge on any atom is -0.480 e. The van der Waals surface area contributed by atoms with Gasteiger partial charge >= 0.3 is 12.0 Å². The van der Waals surface area contributed by atoms with E-state index in [0.717, 1.165) is 12.8 Å². The maximum atomic E-state index is 12.2. The molecular weight excluding hydrogens is 260 g/mol. The van der Waals surface area contributed by atoms with Crippen LogP contribution in [0.1, 0.15) is 40.0 Å². The van der Waals surface area contributed by atoms with E-state index in [0.29, 0.717) is 19.5 Å². The summed E-state index contributed by atoms with van der Waals surface area (Å²) >= 11 is 0. The van der Waals surface area contributed by atoms with Gasteiger partial charge in [-0.25, -0.2) is 9.59 Å². The third kappa shape index (κ3) is 4.10. The molecule has 20 heavy (non-hydrogen) atoms. The highest BCUT2D eigenvalue weighted by Gasteiger charge is 2.35. The summed E-state index contributed by atoms with van der Waals surface area (Å²) in [5.74, 6) is -1.09. The molecule has 6 nitrogen and oxygen atoms in total. The van der Waals surface area contributed by atoms with E-state index in [-0.39, 0.29) is 17.6 Å². The van der Waals surface area contributed by atoms with Gasteiger partial charge in [-0.05, 0) is 25.7 Å². The number of methoxy groups -OCH3 is 1. The lowest BCUT2D eigenvalue weighted by atomic mass is 9.95. The summed E-state index contributed by atoms with van der Waals surface area (Å²) in [4.78, 5) is 25.1. The Labute approximate surface area is 120 Å². The average Bonchev–Trinajstić information content (AvgIpc) is 2.43. The number of carboxylic acid groups (broad SMARTS) is 1. The fraction of sp³-hybridized carbons (Fsp3) is 0.857. The first-order chi connectivity index (χ1) is 9.33. The lowest BCUT2D eigenvalue weighted by Gasteiger charge is -2.39. The van der Waals surface area contributed by atoms with Crippen LogP contribution in [0.4, 0.5) is 4.79 Å². The van der Waals surface area contributed by atoms with Gasteiger partial charge in [-0.3, -0.25) is 0 Å². The van der Waals surface area contributed by atoms with Crippen LogP contribution in [0.5, 0.6) is 0 Å². The van der Waals surface area contributed by atoms with E-state index in [4.69, 9.17) is 4.74 Å². The zero-order valence-corrected chi connectivity index (χ0v) is 12.8. The predicted molar refractivity (Wildman–Crippen MR) is 75.6 cm³/mol. The van der Waals surface area contributed by atoms with Crippen LogP contribution >= 0.6 is 0 Å². The molecule has 1 rings (SSSR count). The number of rotatable bonds is 5. The first-order valence-corrected chi connectivity index (χ1v) is 7.16. The van der Waals surface area contributed by atoms with Crippen LogP contribution in [0.25, 0.3) is 0 Å². The molecule has 116 valence electrons. The molecule has 0 spiro atoms. The average molecular weight is 286 g/mol. The molecule has 0 aromatic heterocycles. The second-order valence-corrected chi connectivity index (χ2v) is 5.83. The minimum absolute atomic E-state index is 0.102. The van der Waals surface area contributed by atoms with Gasteiger partial charge in [0.1, 0.15) is 6.04 Å². The van der Waals surface area contributed by atoms with Crippen molar-refractivity contribution in [3.05, 3.63) is 0 Å². The standard InChI is InChI=1S/C14H26N2O4/c1-5-10(2)11(12(17)18)15-13(19)16-8-6-7-14(3,9-16)20-4/h10-11H,5-9H2,1-4H3,(H,15,19)(H,17,18)/t10?,11-,14?/m0/s1. The molecule has 2 amide bonds. The number of aliphatic carboxylic acids is 1. The molecule has 1 aliphatic heterocycles. The number of nitrogens with one attached hydrogen (secondary N) is 1. The minimum atomic E-state index is -0.987. The maximum Gasteiger partial charge on any atom is 0.326 e. The Kier molecular flexibility index (Phi) is 5.80. The Morgan fingerprint density at radius 2 is 2.15 bits per heavy atom. The van der Waals surface area contributed by atoms with E-state index in [1.165, 1.54) is 0 Å². The molecule has 2 unspecified atom stereocenters. The van der Waals surface area contributed by atoms with Gasteiger partial charge in [-0.2, -0.15) is 0 Å². The number of carboxylic acids is 1. The van der Waals surface area contributed by atoms with Crippen molar-refractivity contribution in [1.82, 2.24) is 10.2 Å². The summed E-state index contributed by atoms with van der Waals surface area (Å²) in [6.45, 7) is 6.83. The van der Waals surface area contributed by atoms with Crippen LogP contribution in [0.15, 0.2) is 0 Å². The van der Waals surface area contributed by atoms with Crippen LogP contribution in [-0.2, 0) is 9.53 Å². The number of piperidine rings is 1. The third-order valence-electron chi connectivity index (χ3n) is 4.20. The Morgan fingerprint density at radius 1 is 1.50 bits per heavy atom. The Morgan fingerprint density at radius 3 is 2.65 bits per heavy atom. The first-order valence-electron chi connectivity index (χ1n) is 7.16. The van der Waals surface area contributed by atoms with Crippen molar-refractivity contribution < 1.29 is 19.4 Å². The van der Waals surface area contributed by atoms with Crippen molar-refractivity contribution >= 4 is 12.0 Å². The summed E-state index contributed by atoms with van der Waals surface area (Å²) in [6, 6.07) is -1.16. The highest BCUT2D eigenvalue weighted by atomic mass is 16.5. The van der Waals surface area contributed by atoms with E-state index in [2.05, 4.69) is 5.32 Å². The normalized spacial score (nSPS) is 25.9. The van der Waals surface area contributed by atoms with E-state index in [1.807, 2.05) is 20.8 Å². The number of nitrogens with zero attached hydrogens (tertiary/aromatic N) is 1. The van der Waals surface area contributed by atoms with Gasteiger partial charge in [0.25, 0.3) is 0 Å². The lowest BCUT2D eigenvalue weighted by Crippen LogP contribution is -2.56. The van der Waals surface area contributed by atoms with Crippen LogP contribution in [0, 0.1) is 5.92 Å². The Balaban J connectivity index is 2.67. The smallest absolute Gasteiger partial charge is 0.326 e. The number of urea groups is 1. The monoisotopic (exact) mass is 286 g/mol. The number of ether oxygens (including phenoxy) is 1. The summed E-state index contributed by atoms with van der Waals surface area (Å²) < 4.78 is 5.44. The third-order valence-corrected chi connectivity index (χ3v) is 4.20. The predicted octanol–water partition coefficient (Wildman–Crippen LogP) is 1.70. The van der Waals surface area contributed by atoms with Gasteiger partial charge in [0.2, 0.25) is 0 Å². The van der Waals surface area contributed by atoms with Crippen molar-refractivity contribution in [2.24, 2.45) is 5.92 Å². The topological polar surface area (TPSA) is 78.9 Å². The molecule has 1 heterocycles. The van der Waals surface area contributed by atoms with Crippen molar-refractivity contribution in [3.8, 4) is 0 Å². The number of amides is 2. The van der Waals surface area contributed by atoms with Crippen LogP contribution in [0.3, 0.4) is 0 Å². The molecule has 1 fully saturated rings. The molecule has 6 heteroatoms. The van der Waals surface area contributed by atoms with Gasteiger partial charge in [-0.1, -0.05) is 20.3 Å². The summed E-state index contributed by atoms with van der Waals surface area (Å²) in [5, 5.41) is 11.8. The fourth-order valence-electron chi connectivity index (χ4n) is 2.45. The Hall–Kier alpha value is -1.30. The number of likely N-dealkylation sites (tertiary alicyclic amines) is 1. The number of carbonyl (C=O) groups is 2. The molecule has 2 N–H and O–H groups in total. The lowest BCUT2D eigenvalue weighted by molar-refractivity contribution is -0.140. The van der Waals surface area contributed by atoms with E-state index in [1.54, 1.807) is 12.0 Å². The maximum absolute atomic E-state index is 12.2. The zero-order valence-electron chi connectivity index (χ0n) is 12.8. The molecule has 0 radical (unpaired) electrons. The number of carbonyl (C=O) groups excluding carboxylic acids is 1. The molecule has 0 aliphatic carbocycles. The van der Waals surface area contributed by atoms with Crippen molar-refractivity contribution in [1.29, 1.82) is 0 Å². The number of hydrogen-bond acceptors (Lipinski definition) is 3. The summed E-state index contributed by atoms with van der Waals surface area (Å²) in [5.41, 5.74) is -0.343. The molecule has 1 aliphatic rings. The highest BCUT2D eigenvalue weighted by molar-refractivity contribution is 5.82. The summed E-state index contributed by atoms with van der Waals surface area (Å²) in [6.07, 6.45) is 2.47. The highest BCUT2D eigenvalue weighted by Crippen LogP contribution is 2.24. The van der Waals surface area contributed by atoms with Gasteiger partial charge in [0.15, 0.2) is 0 Å². The number of hydrogen-bond donors (Lipinski definition) is 2. The van der Waals surface area contributed by atoms with Crippen molar-refractivity contribution in [2.75, 3.05) is 20.2 Å². The second kappa shape index (κ2) is 6.92. The van der Waals surface area contributed by atoms with E-state index >= 15 is 0 Å². The van der Waals surface area contributed by atoms with Crippen LogP contribution in [0.2, 0.25) is 0 Å². The molecule has 3 atom stereocenters. The van der Waals surface area contributed by atoms with Gasteiger partial charge < -0.3 is 20.1 Å². The first kappa shape index (κ1) is 16.8. The quantitative estimate of drug-likeness (QED) is 0.806. The van der Waals surface area contributed by atoms with Crippen molar-refractivity contribution in [2.45, 2.75) is 51.7 Å². The molecule has 0 saturated carbocycles. The molecule has 1 saturated heterocycles. The largest absolute Gasteiger partial charge is 0.480 e. The van der Waals surface area contributed by atoms with E-state index < -0.39 is 12.0 Å². The second-order valence-electron chi connectivity index (χ2n) is 5.83. The van der Waals surface area contributed by atoms with Gasteiger partial charge in [0, 0.05) is 13.7 Å². The summed E-state index contributed by atoms with van der Waals surface area (Å²) in [7, 11) is 1.64. The molecular formula is C14H26N2O4. The Bertz CT molecular complexity index is 361. The van der Waals surface area contributed by atoms with Gasteiger partial charge in [-0.15, -0.1) is 0 Å². The zero-order chi connectivity index (χ0) is 15.3.